The second-order valence-electron chi connectivity index (χ2n) is 9.35. The molecule has 9 heteroatoms. The van der Waals surface area contributed by atoms with Crippen LogP contribution in [-0.2, 0) is 4.79 Å². The highest BCUT2D eigenvalue weighted by molar-refractivity contribution is 5.85. The Hall–Kier alpha value is -3.64. The van der Waals surface area contributed by atoms with Gasteiger partial charge in [-0.25, -0.2) is 9.50 Å². The second-order valence-corrected chi connectivity index (χ2v) is 9.35. The zero-order chi connectivity index (χ0) is 25.0. The predicted molar refractivity (Wildman–Crippen MR) is 133 cm³/mol. The van der Waals surface area contributed by atoms with Gasteiger partial charge in [-0.15, -0.1) is 5.10 Å². The number of anilines is 1. The summed E-state index contributed by atoms with van der Waals surface area (Å²) in [7, 11) is 0. The molecular weight excluding hydrogens is 444 g/mol. The number of ether oxygens (including phenoxy) is 1. The van der Waals surface area contributed by atoms with E-state index in [1.54, 1.807) is 17.6 Å². The van der Waals surface area contributed by atoms with E-state index in [1.807, 2.05) is 37.4 Å². The average molecular weight is 477 g/mol. The number of carbonyl (C=O) groups excluding carboxylic acids is 1. The minimum absolute atomic E-state index is 0.0886. The van der Waals surface area contributed by atoms with Crippen molar-refractivity contribution >= 4 is 17.2 Å². The molecule has 9 nitrogen and oxygen atoms in total. The number of nitrogens with one attached hydrogen (secondary N) is 1. The Bertz CT molecular complexity index is 1220. The van der Waals surface area contributed by atoms with E-state index in [4.69, 9.17) is 9.72 Å². The van der Waals surface area contributed by atoms with Gasteiger partial charge in [-0.2, -0.15) is 5.26 Å². The summed E-state index contributed by atoms with van der Waals surface area (Å²) in [5.41, 5.74) is 2.57. The molecular formula is C26H32N6O3. The molecule has 0 aromatic carbocycles. The summed E-state index contributed by atoms with van der Waals surface area (Å²) in [6, 6.07) is 10.0. The Morgan fingerprint density at radius 3 is 2.74 bits per heavy atom. The molecule has 1 aliphatic heterocycles. The maximum atomic E-state index is 11.8. The van der Waals surface area contributed by atoms with Crippen molar-refractivity contribution < 1.29 is 14.6 Å². The SMILES string of the molecule is CCC(=O)NC1(C)CCN(c2ccc(-c3cccn4nc(OCCC(C)O)c(C#N)c34)cn2)CC1. The summed E-state index contributed by atoms with van der Waals surface area (Å²) in [5, 5.41) is 26.9. The van der Waals surface area contributed by atoms with E-state index in [2.05, 4.69) is 28.3 Å². The zero-order valence-corrected chi connectivity index (χ0v) is 20.5. The molecule has 0 spiro atoms. The van der Waals surface area contributed by atoms with E-state index in [9.17, 15) is 15.2 Å². The topological polar surface area (TPSA) is 116 Å². The zero-order valence-electron chi connectivity index (χ0n) is 20.5. The Balaban J connectivity index is 1.53. The molecule has 2 N–H and O–H groups in total. The number of amides is 1. The molecule has 3 aromatic heterocycles. The molecule has 3 aromatic rings. The number of nitriles is 1. The van der Waals surface area contributed by atoms with Crippen LogP contribution in [-0.4, -0.2) is 57.0 Å². The molecule has 184 valence electrons. The van der Waals surface area contributed by atoms with E-state index in [-0.39, 0.29) is 23.9 Å². The van der Waals surface area contributed by atoms with Gasteiger partial charge in [0, 0.05) is 55.0 Å². The van der Waals surface area contributed by atoms with Crippen LogP contribution >= 0.6 is 0 Å². The lowest BCUT2D eigenvalue weighted by Crippen LogP contribution is -2.53. The van der Waals surface area contributed by atoms with Crippen LogP contribution in [0.1, 0.15) is 52.0 Å². The summed E-state index contributed by atoms with van der Waals surface area (Å²) in [5.74, 6) is 1.24. The number of aliphatic hydroxyl groups is 1. The first kappa shape index (κ1) is 24.5. The highest BCUT2D eigenvalue weighted by Gasteiger charge is 2.31. The molecule has 1 atom stereocenters. The lowest BCUT2D eigenvalue weighted by atomic mass is 9.89. The minimum Gasteiger partial charge on any atom is -0.476 e. The third-order valence-electron chi connectivity index (χ3n) is 6.52. The first-order valence-electron chi connectivity index (χ1n) is 12.1. The number of pyridine rings is 2. The van der Waals surface area contributed by atoms with Gasteiger partial charge in [-0.1, -0.05) is 13.0 Å². The molecule has 1 saturated heterocycles. The molecule has 1 fully saturated rings. The van der Waals surface area contributed by atoms with Crippen LogP contribution < -0.4 is 15.0 Å². The van der Waals surface area contributed by atoms with Crippen molar-refractivity contribution in [2.75, 3.05) is 24.6 Å². The van der Waals surface area contributed by atoms with Crippen molar-refractivity contribution in [2.24, 2.45) is 0 Å². The van der Waals surface area contributed by atoms with Gasteiger partial charge >= 0.3 is 0 Å². The quantitative estimate of drug-likeness (QED) is 0.512. The van der Waals surface area contributed by atoms with E-state index in [0.29, 0.717) is 23.9 Å². The molecule has 4 heterocycles. The van der Waals surface area contributed by atoms with Gasteiger partial charge in [0.25, 0.3) is 5.88 Å². The van der Waals surface area contributed by atoms with Crippen LogP contribution in [0.25, 0.3) is 16.6 Å². The smallest absolute Gasteiger partial charge is 0.252 e. The highest BCUT2D eigenvalue weighted by atomic mass is 16.5. The van der Waals surface area contributed by atoms with Crippen LogP contribution in [0.15, 0.2) is 36.7 Å². The molecule has 0 aliphatic carbocycles. The lowest BCUT2D eigenvalue weighted by molar-refractivity contribution is -0.122. The van der Waals surface area contributed by atoms with Crippen molar-refractivity contribution in [1.29, 1.82) is 5.26 Å². The monoisotopic (exact) mass is 476 g/mol. The fraction of sp³-hybridized carbons (Fsp3) is 0.462. The molecule has 35 heavy (non-hydrogen) atoms. The van der Waals surface area contributed by atoms with E-state index < -0.39 is 6.10 Å². The number of carbonyl (C=O) groups is 1. The fourth-order valence-corrected chi connectivity index (χ4v) is 4.35. The highest BCUT2D eigenvalue weighted by Crippen LogP contribution is 2.32. The summed E-state index contributed by atoms with van der Waals surface area (Å²) in [4.78, 5) is 18.8. The van der Waals surface area contributed by atoms with Gasteiger partial charge in [-0.05, 0) is 44.9 Å². The number of rotatable bonds is 8. The number of fused-ring (bicyclic) bond motifs is 1. The summed E-state index contributed by atoms with van der Waals surface area (Å²) in [6.45, 7) is 7.58. The minimum atomic E-state index is -0.485. The lowest BCUT2D eigenvalue weighted by Gasteiger charge is -2.40. The molecule has 1 unspecified atom stereocenters. The summed E-state index contributed by atoms with van der Waals surface area (Å²) in [6.07, 6.45) is 5.79. The van der Waals surface area contributed by atoms with Crippen molar-refractivity contribution in [2.45, 2.75) is 58.1 Å². The number of aromatic nitrogens is 3. The Kier molecular flexibility index (Phi) is 7.22. The summed E-state index contributed by atoms with van der Waals surface area (Å²) >= 11 is 0. The molecule has 0 saturated carbocycles. The predicted octanol–water partition coefficient (Wildman–Crippen LogP) is 3.30. The van der Waals surface area contributed by atoms with Crippen LogP contribution in [0, 0.1) is 11.3 Å². The Morgan fingerprint density at radius 2 is 2.11 bits per heavy atom. The van der Waals surface area contributed by atoms with Crippen LogP contribution in [0.5, 0.6) is 5.88 Å². The van der Waals surface area contributed by atoms with E-state index in [1.165, 1.54) is 0 Å². The number of hydrogen-bond acceptors (Lipinski definition) is 7. The van der Waals surface area contributed by atoms with Gasteiger partial charge < -0.3 is 20.1 Å². The van der Waals surface area contributed by atoms with Gasteiger partial charge in [0.2, 0.25) is 5.91 Å². The first-order chi connectivity index (χ1) is 16.8. The fourth-order valence-electron chi connectivity index (χ4n) is 4.35. The molecule has 1 aliphatic rings. The van der Waals surface area contributed by atoms with Gasteiger partial charge in [0.1, 0.15) is 17.5 Å². The number of hydrogen-bond donors (Lipinski definition) is 2. The number of piperidine rings is 1. The standard InChI is InChI=1S/C26H32N6O3/c1-4-23(34)29-26(3)10-13-31(14-11-26)22-8-7-19(17-28-22)20-6-5-12-32-24(20)21(16-27)25(30-32)35-15-9-18(2)33/h5-8,12,17-18,33H,4,9-11,13-15H2,1-3H3,(H,29,34). The Morgan fingerprint density at radius 1 is 1.34 bits per heavy atom. The summed E-state index contributed by atoms with van der Waals surface area (Å²) < 4.78 is 7.35. The van der Waals surface area contributed by atoms with Gasteiger partial charge in [0.05, 0.1) is 18.2 Å². The normalized spacial score (nSPS) is 16.0. The van der Waals surface area contributed by atoms with Crippen LogP contribution in [0.3, 0.4) is 0 Å². The van der Waals surface area contributed by atoms with Crippen molar-refractivity contribution in [3.63, 3.8) is 0 Å². The van der Waals surface area contributed by atoms with Crippen LogP contribution in [0.4, 0.5) is 5.82 Å². The van der Waals surface area contributed by atoms with Crippen molar-refractivity contribution in [1.82, 2.24) is 19.9 Å². The largest absolute Gasteiger partial charge is 0.476 e. The molecule has 4 rings (SSSR count). The molecule has 0 radical (unpaired) electrons. The number of aliphatic hydroxyl groups excluding tert-OH is 1. The first-order valence-corrected chi connectivity index (χ1v) is 12.1. The van der Waals surface area contributed by atoms with E-state index in [0.717, 1.165) is 42.9 Å². The number of nitrogens with zero attached hydrogens (tertiary/aromatic N) is 5. The average Bonchev–Trinajstić information content (AvgIpc) is 3.21. The second kappa shape index (κ2) is 10.3. The molecule has 0 bridgehead atoms. The van der Waals surface area contributed by atoms with Crippen LogP contribution in [0.2, 0.25) is 0 Å². The maximum Gasteiger partial charge on any atom is 0.252 e. The van der Waals surface area contributed by atoms with Crippen molar-refractivity contribution in [3.8, 4) is 23.1 Å². The maximum absolute atomic E-state index is 11.8. The van der Waals surface area contributed by atoms with E-state index >= 15 is 0 Å². The Labute approximate surface area is 205 Å². The third-order valence-corrected chi connectivity index (χ3v) is 6.52. The third kappa shape index (κ3) is 5.38. The van der Waals surface area contributed by atoms with Gasteiger partial charge in [0.15, 0.2) is 0 Å². The van der Waals surface area contributed by atoms with Gasteiger partial charge in [-0.3, -0.25) is 4.79 Å². The molecule has 1 amide bonds. The van der Waals surface area contributed by atoms with Crippen molar-refractivity contribution in [3.05, 3.63) is 42.2 Å².